The Balaban J connectivity index is 1.64. The summed E-state index contributed by atoms with van der Waals surface area (Å²) < 4.78 is 11.8. The van der Waals surface area contributed by atoms with Gasteiger partial charge in [0, 0.05) is 39.4 Å². The Hall–Kier alpha value is -3.85. The summed E-state index contributed by atoms with van der Waals surface area (Å²) in [6, 6.07) is 15.4. The quantitative estimate of drug-likeness (QED) is 0.312. The summed E-state index contributed by atoms with van der Waals surface area (Å²) >= 11 is 3.37. The zero-order chi connectivity index (χ0) is 29.0. The number of aryl methyl sites for hydroxylation is 1. The summed E-state index contributed by atoms with van der Waals surface area (Å²) in [4.78, 5) is 42.0. The lowest BCUT2D eigenvalue weighted by atomic mass is 9.96. The molecule has 4 rings (SSSR count). The van der Waals surface area contributed by atoms with Gasteiger partial charge in [-0.05, 0) is 88.1 Å². The Morgan fingerprint density at radius 1 is 0.800 bits per heavy atom. The number of nitrogens with zero attached hydrogens (tertiary/aromatic N) is 1. The van der Waals surface area contributed by atoms with E-state index in [4.69, 9.17) is 9.47 Å². The fourth-order valence-electron chi connectivity index (χ4n) is 5.01. The van der Waals surface area contributed by atoms with Gasteiger partial charge >= 0.3 is 0 Å². The second-order valence-electron chi connectivity index (χ2n) is 10.0. The van der Waals surface area contributed by atoms with E-state index in [1.807, 2.05) is 25.7 Å². The minimum atomic E-state index is -0.430. The average molecular weight is 609 g/mol. The number of anilines is 2. The average Bonchev–Trinajstić information content (AvgIpc) is 2.94. The van der Waals surface area contributed by atoms with Gasteiger partial charge in [-0.3, -0.25) is 14.4 Å². The first-order chi connectivity index (χ1) is 19.1. The molecule has 0 saturated carbocycles. The van der Waals surface area contributed by atoms with E-state index in [2.05, 4.69) is 26.6 Å². The largest absolute Gasteiger partial charge is 0.493 e. The van der Waals surface area contributed by atoms with E-state index in [0.717, 1.165) is 29.3 Å². The van der Waals surface area contributed by atoms with Crippen LogP contribution in [-0.2, 0) is 0 Å². The van der Waals surface area contributed by atoms with E-state index >= 15 is 0 Å². The van der Waals surface area contributed by atoms with Gasteiger partial charge < -0.3 is 25.0 Å². The lowest BCUT2D eigenvalue weighted by Crippen LogP contribution is -2.47. The predicted molar refractivity (Wildman–Crippen MR) is 160 cm³/mol. The van der Waals surface area contributed by atoms with Crippen LogP contribution in [0.2, 0.25) is 0 Å². The number of hydrogen-bond donors (Lipinski definition) is 2. The van der Waals surface area contributed by atoms with Gasteiger partial charge in [0.15, 0.2) is 11.5 Å². The Kier molecular flexibility index (Phi) is 9.14. The maximum atomic E-state index is 13.8. The maximum Gasteiger partial charge on any atom is 0.256 e. The van der Waals surface area contributed by atoms with Crippen LogP contribution in [0.4, 0.5) is 11.4 Å². The van der Waals surface area contributed by atoms with Gasteiger partial charge in [-0.25, -0.2) is 0 Å². The van der Waals surface area contributed by atoms with Crippen LogP contribution in [0.5, 0.6) is 11.5 Å². The van der Waals surface area contributed by atoms with Gasteiger partial charge in [0.05, 0.1) is 25.5 Å². The molecule has 0 bridgehead atoms. The van der Waals surface area contributed by atoms with Crippen LogP contribution in [0.1, 0.15) is 69.7 Å². The standard InChI is InChI=1S/C31H34BrN3O5/c1-18-9-10-22(15-25(18)33-29(36)21-11-13-23(32)14-12-21)30(37)34-26-17-28(40-5)27(39-4)16-24(26)31(38)35-19(2)7-6-8-20(35)3/h9-17,19-20H,6-8H2,1-5H3,(H,33,36)(H,34,37). The molecule has 1 saturated heterocycles. The third kappa shape index (κ3) is 6.31. The normalized spacial score (nSPS) is 16.7. The lowest BCUT2D eigenvalue weighted by Gasteiger charge is -2.39. The molecule has 1 aliphatic rings. The number of ether oxygens (including phenoxy) is 2. The Bertz CT molecular complexity index is 1410. The third-order valence-electron chi connectivity index (χ3n) is 7.28. The number of benzene rings is 3. The summed E-state index contributed by atoms with van der Waals surface area (Å²) in [6.45, 7) is 5.94. The molecule has 40 heavy (non-hydrogen) atoms. The van der Waals surface area contributed by atoms with Gasteiger partial charge in [-0.15, -0.1) is 0 Å². The molecule has 0 aromatic heterocycles. The van der Waals surface area contributed by atoms with Gasteiger partial charge in [0.1, 0.15) is 0 Å². The van der Waals surface area contributed by atoms with E-state index in [-0.39, 0.29) is 23.9 Å². The molecule has 0 spiro atoms. The number of likely N-dealkylation sites (tertiary alicyclic amines) is 1. The summed E-state index contributed by atoms with van der Waals surface area (Å²) in [5.41, 5.74) is 2.77. The number of methoxy groups -OCH3 is 2. The number of piperidine rings is 1. The van der Waals surface area contributed by atoms with Crippen LogP contribution >= 0.6 is 15.9 Å². The fourth-order valence-corrected chi connectivity index (χ4v) is 5.27. The molecule has 9 heteroatoms. The highest BCUT2D eigenvalue weighted by molar-refractivity contribution is 9.10. The van der Waals surface area contributed by atoms with Gasteiger partial charge in [-0.1, -0.05) is 22.0 Å². The Labute approximate surface area is 243 Å². The molecule has 0 radical (unpaired) electrons. The van der Waals surface area contributed by atoms with Gasteiger partial charge in [0.2, 0.25) is 0 Å². The van der Waals surface area contributed by atoms with Crippen molar-refractivity contribution in [3.05, 3.63) is 81.3 Å². The minimum Gasteiger partial charge on any atom is -0.493 e. The smallest absolute Gasteiger partial charge is 0.256 e. The number of carbonyl (C=O) groups is 3. The molecule has 2 N–H and O–H groups in total. The number of rotatable bonds is 7. The zero-order valence-electron chi connectivity index (χ0n) is 23.3. The van der Waals surface area contributed by atoms with E-state index < -0.39 is 5.91 Å². The topological polar surface area (TPSA) is 97.0 Å². The molecule has 3 amide bonds. The summed E-state index contributed by atoms with van der Waals surface area (Å²) in [5.74, 6) is -0.108. The van der Waals surface area contributed by atoms with Crippen LogP contribution < -0.4 is 20.1 Å². The second-order valence-corrected chi connectivity index (χ2v) is 11.0. The molecular formula is C31H34BrN3O5. The highest BCUT2D eigenvalue weighted by Gasteiger charge is 2.32. The number of halogens is 1. The number of carbonyl (C=O) groups excluding carboxylic acids is 3. The summed E-state index contributed by atoms with van der Waals surface area (Å²) in [5, 5.41) is 5.79. The number of amides is 3. The predicted octanol–water partition coefficient (Wildman–Crippen LogP) is 6.68. The highest BCUT2D eigenvalue weighted by atomic mass is 79.9. The van der Waals surface area contributed by atoms with Crippen molar-refractivity contribution in [3.63, 3.8) is 0 Å². The lowest BCUT2D eigenvalue weighted by molar-refractivity contribution is 0.0511. The van der Waals surface area contributed by atoms with Crippen molar-refractivity contribution in [2.24, 2.45) is 0 Å². The first-order valence-corrected chi connectivity index (χ1v) is 14.0. The van der Waals surface area contributed by atoms with Gasteiger partial charge in [0.25, 0.3) is 17.7 Å². The Morgan fingerprint density at radius 2 is 1.35 bits per heavy atom. The maximum absolute atomic E-state index is 13.8. The van der Waals surface area contributed by atoms with Crippen LogP contribution in [0, 0.1) is 6.92 Å². The first kappa shape index (κ1) is 29.1. The molecule has 2 atom stereocenters. The monoisotopic (exact) mass is 607 g/mol. The zero-order valence-corrected chi connectivity index (χ0v) is 24.9. The SMILES string of the molecule is COc1cc(NC(=O)c2ccc(C)c(NC(=O)c3ccc(Br)cc3)c2)c(C(=O)N2C(C)CCCC2C)cc1OC. The van der Waals surface area contributed by atoms with E-state index in [1.165, 1.54) is 14.2 Å². The molecule has 210 valence electrons. The molecule has 1 aliphatic heterocycles. The molecule has 1 fully saturated rings. The summed E-state index contributed by atoms with van der Waals surface area (Å²) in [6.07, 6.45) is 2.90. The summed E-state index contributed by atoms with van der Waals surface area (Å²) in [7, 11) is 3.01. The van der Waals surface area contributed by atoms with Crippen molar-refractivity contribution < 1.29 is 23.9 Å². The van der Waals surface area contributed by atoms with Crippen molar-refractivity contribution in [3.8, 4) is 11.5 Å². The fraction of sp³-hybridized carbons (Fsp3) is 0.323. The van der Waals surface area contributed by atoms with Crippen molar-refractivity contribution in [2.45, 2.75) is 52.1 Å². The van der Waals surface area contributed by atoms with Crippen LogP contribution in [0.3, 0.4) is 0 Å². The van der Waals surface area contributed by atoms with E-state index in [9.17, 15) is 14.4 Å². The van der Waals surface area contributed by atoms with Gasteiger partial charge in [-0.2, -0.15) is 0 Å². The molecule has 0 aliphatic carbocycles. The van der Waals surface area contributed by atoms with Crippen molar-refractivity contribution >= 4 is 45.0 Å². The number of hydrogen-bond acceptors (Lipinski definition) is 5. The van der Waals surface area contributed by atoms with Crippen molar-refractivity contribution in [1.82, 2.24) is 4.90 Å². The van der Waals surface area contributed by atoms with Crippen LogP contribution in [0.25, 0.3) is 0 Å². The molecule has 2 unspecified atom stereocenters. The van der Waals surface area contributed by atoms with Crippen molar-refractivity contribution in [1.29, 1.82) is 0 Å². The minimum absolute atomic E-state index is 0.0712. The molecule has 3 aromatic rings. The van der Waals surface area contributed by atoms with Crippen molar-refractivity contribution in [2.75, 3.05) is 24.9 Å². The van der Waals surface area contributed by atoms with E-state index in [0.29, 0.717) is 39.6 Å². The molecular weight excluding hydrogens is 574 g/mol. The van der Waals surface area contributed by atoms with Crippen LogP contribution in [0.15, 0.2) is 59.1 Å². The molecule has 3 aromatic carbocycles. The first-order valence-electron chi connectivity index (χ1n) is 13.2. The third-order valence-corrected chi connectivity index (χ3v) is 7.81. The number of nitrogens with one attached hydrogen (secondary N) is 2. The molecule has 1 heterocycles. The van der Waals surface area contributed by atoms with Crippen LogP contribution in [-0.4, -0.2) is 48.9 Å². The Morgan fingerprint density at radius 3 is 1.98 bits per heavy atom. The second kappa shape index (κ2) is 12.6. The highest BCUT2D eigenvalue weighted by Crippen LogP contribution is 2.36. The molecule has 8 nitrogen and oxygen atoms in total. The van der Waals surface area contributed by atoms with E-state index in [1.54, 1.807) is 54.6 Å².